The van der Waals surface area contributed by atoms with Crippen LogP contribution in [0.4, 0.5) is 0 Å². The molecule has 1 atom stereocenters. The maximum atomic E-state index is 4.31. The molecule has 0 saturated carbocycles. The second-order valence-electron chi connectivity index (χ2n) is 3.98. The molecule has 3 heteroatoms. The van der Waals surface area contributed by atoms with Gasteiger partial charge in [0, 0.05) is 0 Å². The van der Waals surface area contributed by atoms with Gasteiger partial charge in [-0.05, 0) is 37.0 Å². The molecule has 1 aliphatic heterocycles. The third kappa shape index (κ3) is 2.89. The molecular formula is C13H16N2S. The van der Waals surface area contributed by atoms with Crippen molar-refractivity contribution in [1.29, 1.82) is 0 Å². The molecule has 1 unspecified atom stereocenters. The Morgan fingerprint density at radius 1 is 1.38 bits per heavy atom. The molecule has 0 amide bonds. The van der Waals surface area contributed by atoms with Gasteiger partial charge in [0.25, 0.3) is 0 Å². The number of allylic oxidation sites excluding steroid dienone is 1. The first-order valence-corrected chi connectivity index (χ1v) is 6.01. The molecule has 0 aliphatic carbocycles. The summed E-state index contributed by atoms with van der Waals surface area (Å²) in [5, 5.41) is 4.46. The summed E-state index contributed by atoms with van der Waals surface area (Å²) in [6.07, 6.45) is 6.22. The predicted molar refractivity (Wildman–Crippen MR) is 72.8 cm³/mol. The molecule has 1 aromatic rings. The van der Waals surface area contributed by atoms with E-state index in [1.807, 2.05) is 0 Å². The predicted octanol–water partition coefficient (Wildman–Crippen LogP) is 3.00. The maximum absolute atomic E-state index is 4.31. The molecule has 16 heavy (non-hydrogen) atoms. The van der Waals surface area contributed by atoms with Crippen molar-refractivity contribution in [2.75, 3.05) is 0 Å². The van der Waals surface area contributed by atoms with E-state index in [1.165, 1.54) is 11.1 Å². The average molecular weight is 232 g/mol. The second kappa shape index (κ2) is 5.21. The van der Waals surface area contributed by atoms with E-state index in [0.29, 0.717) is 0 Å². The van der Waals surface area contributed by atoms with Crippen molar-refractivity contribution in [1.82, 2.24) is 5.43 Å². The van der Waals surface area contributed by atoms with E-state index in [9.17, 15) is 0 Å². The van der Waals surface area contributed by atoms with E-state index in [-0.39, 0.29) is 5.37 Å². The molecular weight excluding hydrogens is 216 g/mol. The summed E-state index contributed by atoms with van der Waals surface area (Å²) in [6.45, 7) is 2.12. The SMILES string of the molecule is Cc1ccccc1/C=C/C1=NNC(S)CC1. The van der Waals surface area contributed by atoms with Crippen molar-refractivity contribution in [3.63, 3.8) is 0 Å². The van der Waals surface area contributed by atoms with Crippen molar-refractivity contribution in [3.05, 3.63) is 41.5 Å². The van der Waals surface area contributed by atoms with Crippen molar-refractivity contribution in [2.45, 2.75) is 25.1 Å². The van der Waals surface area contributed by atoms with E-state index < -0.39 is 0 Å². The second-order valence-corrected chi connectivity index (χ2v) is 4.60. The van der Waals surface area contributed by atoms with Gasteiger partial charge in [0.15, 0.2) is 0 Å². The fourth-order valence-electron chi connectivity index (χ4n) is 1.64. The molecule has 2 rings (SSSR count). The highest BCUT2D eigenvalue weighted by molar-refractivity contribution is 7.80. The van der Waals surface area contributed by atoms with Crippen LogP contribution >= 0.6 is 12.6 Å². The zero-order valence-corrected chi connectivity index (χ0v) is 10.2. The molecule has 1 aromatic carbocycles. The lowest BCUT2D eigenvalue weighted by Gasteiger charge is -2.16. The Balaban J connectivity index is 2.07. The summed E-state index contributed by atoms with van der Waals surface area (Å²) in [7, 11) is 0. The number of hydrogen-bond donors (Lipinski definition) is 2. The first-order chi connectivity index (χ1) is 7.75. The smallest absolute Gasteiger partial charge is 0.0867 e. The zero-order chi connectivity index (χ0) is 11.4. The van der Waals surface area contributed by atoms with Gasteiger partial charge in [-0.25, -0.2) is 0 Å². The highest BCUT2D eigenvalue weighted by atomic mass is 32.1. The fourth-order valence-corrected chi connectivity index (χ4v) is 1.83. The molecule has 2 nitrogen and oxygen atoms in total. The number of benzene rings is 1. The number of nitrogens with zero attached hydrogens (tertiary/aromatic N) is 1. The van der Waals surface area contributed by atoms with Crippen LogP contribution in [-0.2, 0) is 0 Å². The minimum absolute atomic E-state index is 0.204. The standard InChI is InChI=1S/C13H16N2S/c1-10-4-2-3-5-11(10)6-7-12-8-9-13(16)15-14-12/h2-7,13,15-16H,8-9H2,1H3/b7-6+. The summed E-state index contributed by atoms with van der Waals surface area (Å²) < 4.78 is 0. The van der Waals surface area contributed by atoms with Gasteiger partial charge in [0.2, 0.25) is 0 Å². The topological polar surface area (TPSA) is 24.4 Å². The quantitative estimate of drug-likeness (QED) is 0.753. The summed E-state index contributed by atoms with van der Waals surface area (Å²) in [5.74, 6) is 0. The molecule has 0 aromatic heterocycles. The summed E-state index contributed by atoms with van der Waals surface area (Å²) in [6, 6.07) is 8.34. The van der Waals surface area contributed by atoms with Crippen molar-refractivity contribution in [2.24, 2.45) is 5.10 Å². The highest BCUT2D eigenvalue weighted by Crippen LogP contribution is 2.12. The van der Waals surface area contributed by atoms with Crippen molar-refractivity contribution in [3.8, 4) is 0 Å². The van der Waals surface area contributed by atoms with Crippen LogP contribution in [0.25, 0.3) is 6.08 Å². The van der Waals surface area contributed by atoms with Crippen molar-refractivity contribution >= 4 is 24.4 Å². The van der Waals surface area contributed by atoms with Gasteiger partial charge >= 0.3 is 0 Å². The van der Waals surface area contributed by atoms with Crippen LogP contribution < -0.4 is 5.43 Å². The number of hydrogen-bond acceptors (Lipinski definition) is 3. The van der Waals surface area contributed by atoms with Crippen LogP contribution in [0, 0.1) is 6.92 Å². The number of thiol groups is 1. The summed E-state index contributed by atoms with van der Waals surface area (Å²) >= 11 is 4.31. The Hall–Kier alpha value is -1.22. The Labute approximate surface area is 102 Å². The van der Waals surface area contributed by atoms with Crippen LogP contribution in [0.2, 0.25) is 0 Å². The van der Waals surface area contributed by atoms with Crippen molar-refractivity contribution < 1.29 is 0 Å². The first kappa shape index (κ1) is 11.3. The summed E-state index contributed by atoms with van der Waals surface area (Å²) in [4.78, 5) is 0. The molecule has 0 radical (unpaired) electrons. The van der Waals surface area contributed by atoms with E-state index in [4.69, 9.17) is 0 Å². The van der Waals surface area contributed by atoms with E-state index >= 15 is 0 Å². The van der Waals surface area contributed by atoms with Crippen LogP contribution in [0.1, 0.15) is 24.0 Å². The highest BCUT2D eigenvalue weighted by Gasteiger charge is 2.08. The Bertz CT molecular complexity index is 424. The van der Waals surface area contributed by atoms with Crippen LogP contribution in [0.3, 0.4) is 0 Å². The number of rotatable bonds is 2. The van der Waals surface area contributed by atoms with Gasteiger partial charge in [-0.3, -0.25) is 5.43 Å². The Kier molecular flexibility index (Phi) is 3.67. The average Bonchev–Trinajstić information content (AvgIpc) is 2.30. The monoisotopic (exact) mass is 232 g/mol. The van der Waals surface area contributed by atoms with Crippen LogP contribution in [-0.4, -0.2) is 11.1 Å². The zero-order valence-electron chi connectivity index (χ0n) is 9.35. The molecule has 0 spiro atoms. The molecule has 0 saturated heterocycles. The van der Waals surface area contributed by atoms with Gasteiger partial charge < -0.3 is 0 Å². The number of hydrazone groups is 1. The van der Waals surface area contributed by atoms with E-state index in [2.05, 4.69) is 66.5 Å². The number of aryl methyl sites for hydroxylation is 1. The molecule has 1 N–H and O–H groups in total. The van der Waals surface area contributed by atoms with Gasteiger partial charge in [-0.1, -0.05) is 30.3 Å². The third-order valence-electron chi connectivity index (χ3n) is 2.67. The molecule has 1 heterocycles. The maximum Gasteiger partial charge on any atom is 0.0867 e. The van der Waals surface area contributed by atoms with Crippen LogP contribution in [0.5, 0.6) is 0 Å². The minimum atomic E-state index is 0.204. The van der Waals surface area contributed by atoms with E-state index in [0.717, 1.165) is 18.6 Å². The summed E-state index contributed by atoms with van der Waals surface area (Å²) in [5.41, 5.74) is 6.61. The first-order valence-electron chi connectivity index (χ1n) is 5.49. The van der Waals surface area contributed by atoms with Gasteiger partial charge in [0.1, 0.15) is 0 Å². The van der Waals surface area contributed by atoms with Gasteiger partial charge in [-0.15, -0.1) is 0 Å². The van der Waals surface area contributed by atoms with Gasteiger partial charge in [0.05, 0.1) is 11.1 Å². The molecule has 0 bridgehead atoms. The largest absolute Gasteiger partial charge is 0.297 e. The molecule has 0 fully saturated rings. The lowest BCUT2D eigenvalue weighted by Crippen LogP contribution is -2.25. The van der Waals surface area contributed by atoms with E-state index in [1.54, 1.807) is 0 Å². The van der Waals surface area contributed by atoms with Crippen LogP contribution in [0.15, 0.2) is 35.4 Å². The lowest BCUT2D eigenvalue weighted by atomic mass is 10.1. The van der Waals surface area contributed by atoms with Gasteiger partial charge in [-0.2, -0.15) is 17.7 Å². The Morgan fingerprint density at radius 3 is 2.88 bits per heavy atom. The lowest BCUT2D eigenvalue weighted by molar-refractivity contribution is 0.624. The Morgan fingerprint density at radius 2 is 2.19 bits per heavy atom. The normalized spacial score (nSPS) is 20.6. The molecule has 84 valence electrons. The number of nitrogens with one attached hydrogen (secondary N) is 1. The third-order valence-corrected chi connectivity index (χ3v) is 3.05. The fraction of sp³-hybridized carbons (Fsp3) is 0.308. The molecule has 1 aliphatic rings. The minimum Gasteiger partial charge on any atom is -0.297 e.